The second kappa shape index (κ2) is 4.96. The summed E-state index contributed by atoms with van der Waals surface area (Å²) in [6.07, 6.45) is 1.25. The molecular weight excluding hydrogens is 270 g/mol. The average Bonchev–Trinajstić information content (AvgIpc) is 3.17. The van der Waals surface area contributed by atoms with Crippen LogP contribution in [0.5, 0.6) is 0 Å². The Balaban J connectivity index is 1.68. The van der Waals surface area contributed by atoms with Gasteiger partial charge in [0.15, 0.2) is 5.82 Å². The number of fused-ring (bicyclic) bond motifs is 1. The largest absolute Gasteiger partial charge is 0.381 e. The number of carbonyl (C=O) groups excluding carboxylic acids is 1. The number of ether oxygens (including phenoxy) is 1. The fourth-order valence-corrected chi connectivity index (χ4v) is 2.92. The predicted octanol–water partition coefficient (Wildman–Crippen LogP) is 2.05. The summed E-state index contributed by atoms with van der Waals surface area (Å²) < 4.78 is 10.8. The highest BCUT2D eigenvalue weighted by Gasteiger charge is 2.32. The van der Waals surface area contributed by atoms with Gasteiger partial charge < -0.3 is 14.6 Å². The van der Waals surface area contributed by atoms with Crippen LogP contribution < -0.4 is 5.32 Å². The van der Waals surface area contributed by atoms with E-state index in [4.69, 9.17) is 9.26 Å². The van der Waals surface area contributed by atoms with E-state index in [0.717, 1.165) is 24.3 Å². The first kappa shape index (κ1) is 12.5. The van der Waals surface area contributed by atoms with E-state index in [9.17, 15) is 4.79 Å². The standard InChI is InChI=1S/C15H15N3O3/c19-13-7-11(10-3-1-2-4-12(10)16-13)15-17-14(18-21-15)9-5-6-20-8-9/h1-4,9,11H,5-8H2,(H,16,19)/t9-,11+/m1/s1. The summed E-state index contributed by atoms with van der Waals surface area (Å²) in [5, 5.41) is 6.95. The second-order valence-corrected chi connectivity index (χ2v) is 5.44. The van der Waals surface area contributed by atoms with Gasteiger partial charge in [0.05, 0.1) is 12.5 Å². The van der Waals surface area contributed by atoms with Crippen molar-refractivity contribution in [2.45, 2.75) is 24.7 Å². The van der Waals surface area contributed by atoms with E-state index < -0.39 is 0 Å². The molecule has 1 amide bonds. The maximum atomic E-state index is 11.9. The molecule has 1 aromatic carbocycles. The number of carbonyl (C=O) groups is 1. The van der Waals surface area contributed by atoms with Gasteiger partial charge >= 0.3 is 0 Å². The van der Waals surface area contributed by atoms with Crippen molar-refractivity contribution in [1.29, 1.82) is 0 Å². The molecule has 2 aromatic rings. The molecule has 3 heterocycles. The fraction of sp³-hybridized carbons (Fsp3) is 0.400. The van der Waals surface area contributed by atoms with Gasteiger partial charge in [0, 0.05) is 24.6 Å². The number of nitrogens with zero attached hydrogens (tertiary/aromatic N) is 2. The van der Waals surface area contributed by atoms with Crippen LogP contribution >= 0.6 is 0 Å². The molecule has 0 radical (unpaired) electrons. The van der Waals surface area contributed by atoms with Gasteiger partial charge in [0.25, 0.3) is 0 Å². The van der Waals surface area contributed by atoms with Gasteiger partial charge in [-0.15, -0.1) is 0 Å². The summed E-state index contributed by atoms with van der Waals surface area (Å²) in [6, 6.07) is 7.73. The Morgan fingerprint density at radius 1 is 1.29 bits per heavy atom. The average molecular weight is 285 g/mol. The highest BCUT2D eigenvalue weighted by Crippen LogP contribution is 2.36. The minimum atomic E-state index is -0.168. The van der Waals surface area contributed by atoms with Crippen molar-refractivity contribution in [2.75, 3.05) is 18.5 Å². The van der Waals surface area contributed by atoms with Crippen LogP contribution in [0.25, 0.3) is 0 Å². The summed E-state index contributed by atoms with van der Waals surface area (Å²) in [5.74, 6) is 1.21. The molecular formula is C15H15N3O3. The molecule has 0 saturated carbocycles. The summed E-state index contributed by atoms with van der Waals surface area (Å²) in [6.45, 7) is 1.38. The summed E-state index contributed by atoms with van der Waals surface area (Å²) in [5.41, 5.74) is 1.85. The zero-order valence-electron chi connectivity index (χ0n) is 11.4. The lowest BCUT2D eigenvalue weighted by Gasteiger charge is -2.22. The van der Waals surface area contributed by atoms with Gasteiger partial charge in [-0.2, -0.15) is 4.98 Å². The Labute approximate surface area is 121 Å². The number of aromatic nitrogens is 2. The van der Waals surface area contributed by atoms with Crippen molar-refractivity contribution in [3.05, 3.63) is 41.5 Å². The van der Waals surface area contributed by atoms with Crippen LogP contribution in [0.1, 0.15) is 42.0 Å². The minimum Gasteiger partial charge on any atom is -0.381 e. The van der Waals surface area contributed by atoms with Crippen molar-refractivity contribution in [1.82, 2.24) is 10.1 Å². The SMILES string of the molecule is O=C1C[C@H](c2nc([C@@H]3CCOC3)no2)c2ccccc2N1. The van der Waals surface area contributed by atoms with Crippen LogP contribution in [0.15, 0.2) is 28.8 Å². The number of benzene rings is 1. The quantitative estimate of drug-likeness (QED) is 0.913. The van der Waals surface area contributed by atoms with E-state index in [0.29, 0.717) is 24.7 Å². The number of hydrogen-bond donors (Lipinski definition) is 1. The van der Waals surface area contributed by atoms with Crippen LogP contribution in [0, 0.1) is 0 Å². The molecule has 6 heteroatoms. The Bertz CT molecular complexity index is 676. The number of anilines is 1. The molecule has 2 aliphatic heterocycles. The third-order valence-electron chi connectivity index (χ3n) is 4.05. The van der Waals surface area contributed by atoms with Crippen molar-refractivity contribution in [3.63, 3.8) is 0 Å². The number of para-hydroxylation sites is 1. The summed E-state index contributed by atoms with van der Waals surface area (Å²) >= 11 is 0. The molecule has 4 rings (SSSR count). The van der Waals surface area contributed by atoms with E-state index in [-0.39, 0.29) is 17.7 Å². The lowest BCUT2D eigenvalue weighted by molar-refractivity contribution is -0.116. The normalized spacial score (nSPS) is 24.7. The van der Waals surface area contributed by atoms with Crippen molar-refractivity contribution < 1.29 is 14.1 Å². The first-order valence-corrected chi connectivity index (χ1v) is 7.11. The summed E-state index contributed by atoms with van der Waals surface area (Å²) in [4.78, 5) is 16.4. The molecule has 1 N–H and O–H groups in total. The Hall–Kier alpha value is -2.21. The van der Waals surface area contributed by atoms with Crippen LogP contribution in [0.2, 0.25) is 0 Å². The van der Waals surface area contributed by atoms with E-state index in [1.54, 1.807) is 0 Å². The molecule has 1 aromatic heterocycles. The monoisotopic (exact) mass is 285 g/mol. The van der Waals surface area contributed by atoms with Crippen molar-refractivity contribution in [3.8, 4) is 0 Å². The molecule has 1 fully saturated rings. The Morgan fingerprint density at radius 3 is 3.05 bits per heavy atom. The van der Waals surface area contributed by atoms with Gasteiger partial charge in [-0.05, 0) is 18.1 Å². The molecule has 1 saturated heterocycles. The van der Waals surface area contributed by atoms with E-state index in [1.165, 1.54) is 0 Å². The van der Waals surface area contributed by atoms with Crippen molar-refractivity contribution in [2.24, 2.45) is 0 Å². The summed E-state index contributed by atoms with van der Waals surface area (Å²) in [7, 11) is 0. The number of hydrogen-bond acceptors (Lipinski definition) is 5. The third kappa shape index (κ3) is 2.21. The number of rotatable bonds is 2. The van der Waals surface area contributed by atoms with Crippen molar-refractivity contribution >= 4 is 11.6 Å². The number of amides is 1. The van der Waals surface area contributed by atoms with Crippen LogP contribution in [-0.4, -0.2) is 29.3 Å². The highest BCUT2D eigenvalue weighted by atomic mass is 16.5. The minimum absolute atomic E-state index is 0.0253. The molecule has 108 valence electrons. The smallest absolute Gasteiger partial charge is 0.234 e. The fourth-order valence-electron chi connectivity index (χ4n) is 2.92. The first-order valence-electron chi connectivity index (χ1n) is 7.11. The molecule has 0 bridgehead atoms. The van der Waals surface area contributed by atoms with Crippen LogP contribution in [0.3, 0.4) is 0 Å². The zero-order chi connectivity index (χ0) is 14.2. The maximum absolute atomic E-state index is 11.9. The molecule has 2 atom stereocenters. The van der Waals surface area contributed by atoms with Gasteiger partial charge in [-0.25, -0.2) is 0 Å². The van der Waals surface area contributed by atoms with Gasteiger partial charge in [0.2, 0.25) is 11.8 Å². The molecule has 0 unspecified atom stereocenters. The van der Waals surface area contributed by atoms with Gasteiger partial charge in [-0.1, -0.05) is 23.4 Å². The number of nitrogens with one attached hydrogen (secondary N) is 1. The van der Waals surface area contributed by atoms with Crippen LogP contribution in [-0.2, 0) is 9.53 Å². The van der Waals surface area contributed by atoms with E-state index >= 15 is 0 Å². The van der Waals surface area contributed by atoms with Gasteiger partial charge in [0.1, 0.15) is 0 Å². The molecule has 21 heavy (non-hydrogen) atoms. The van der Waals surface area contributed by atoms with E-state index in [1.807, 2.05) is 24.3 Å². The van der Waals surface area contributed by atoms with Gasteiger partial charge in [-0.3, -0.25) is 4.79 Å². The second-order valence-electron chi connectivity index (χ2n) is 5.44. The molecule has 0 aliphatic carbocycles. The molecule has 0 spiro atoms. The van der Waals surface area contributed by atoms with E-state index in [2.05, 4.69) is 15.5 Å². The lowest BCUT2D eigenvalue weighted by Crippen LogP contribution is -2.23. The Kier molecular flexibility index (Phi) is 2.96. The highest BCUT2D eigenvalue weighted by molar-refractivity contribution is 5.95. The maximum Gasteiger partial charge on any atom is 0.234 e. The molecule has 6 nitrogen and oxygen atoms in total. The first-order chi connectivity index (χ1) is 10.3. The zero-order valence-corrected chi connectivity index (χ0v) is 11.4. The predicted molar refractivity (Wildman–Crippen MR) is 74.0 cm³/mol. The topological polar surface area (TPSA) is 77.2 Å². The van der Waals surface area contributed by atoms with Crippen LogP contribution in [0.4, 0.5) is 5.69 Å². The lowest BCUT2D eigenvalue weighted by atomic mass is 9.90. The Morgan fingerprint density at radius 2 is 2.19 bits per heavy atom. The third-order valence-corrected chi connectivity index (χ3v) is 4.05. The molecule has 2 aliphatic rings.